The summed E-state index contributed by atoms with van der Waals surface area (Å²) in [6.45, 7) is 2.44. The molecule has 1 fully saturated rings. The molecule has 0 saturated carbocycles. The summed E-state index contributed by atoms with van der Waals surface area (Å²) < 4.78 is 10.9. The maximum absolute atomic E-state index is 12.5. The van der Waals surface area contributed by atoms with E-state index in [1.807, 2.05) is 12.1 Å². The molecule has 4 rings (SSSR count). The van der Waals surface area contributed by atoms with Crippen molar-refractivity contribution < 1.29 is 23.9 Å². The quantitative estimate of drug-likeness (QED) is 0.514. The second-order valence-corrected chi connectivity index (χ2v) is 9.29. The van der Waals surface area contributed by atoms with Gasteiger partial charge in [0, 0.05) is 30.8 Å². The minimum atomic E-state index is -0.492. The van der Waals surface area contributed by atoms with E-state index in [-0.39, 0.29) is 24.1 Å². The molecule has 1 unspecified atom stereocenters. The van der Waals surface area contributed by atoms with Gasteiger partial charge in [0.15, 0.2) is 16.7 Å². The number of para-hydroxylation sites is 2. The normalized spacial score (nSPS) is 17.2. The average molecular weight is 497 g/mol. The molecular weight excluding hydrogens is 468 g/mol. The number of amidine groups is 1. The minimum Gasteiger partial charge on any atom is -0.493 e. The van der Waals surface area contributed by atoms with Crippen LogP contribution < -0.4 is 20.1 Å². The summed E-state index contributed by atoms with van der Waals surface area (Å²) in [5.41, 5.74) is 1.02. The van der Waals surface area contributed by atoms with Gasteiger partial charge in [0.1, 0.15) is 11.9 Å². The Morgan fingerprint density at radius 2 is 1.80 bits per heavy atom. The highest BCUT2D eigenvalue weighted by molar-refractivity contribution is 8.15. The molecule has 2 aliphatic heterocycles. The Bertz CT molecular complexity index is 1100. The molecule has 0 radical (unpaired) electrons. The molecular formula is C25H28N4O5S. The van der Waals surface area contributed by atoms with Crippen molar-refractivity contribution in [3.63, 3.8) is 0 Å². The van der Waals surface area contributed by atoms with Gasteiger partial charge in [0.05, 0.1) is 13.7 Å². The molecule has 9 nitrogen and oxygen atoms in total. The highest BCUT2D eigenvalue weighted by atomic mass is 32.2. The van der Waals surface area contributed by atoms with Crippen LogP contribution in [0.25, 0.3) is 0 Å². The number of anilines is 1. The van der Waals surface area contributed by atoms with E-state index in [9.17, 15) is 14.4 Å². The van der Waals surface area contributed by atoms with Gasteiger partial charge in [-0.1, -0.05) is 23.9 Å². The molecule has 35 heavy (non-hydrogen) atoms. The molecule has 1 saturated heterocycles. The van der Waals surface area contributed by atoms with Crippen molar-refractivity contribution in [3.8, 4) is 11.5 Å². The molecule has 2 aromatic rings. The maximum Gasteiger partial charge on any atom is 0.262 e. The van der Waals surface area contributed by atoms with Crippen molar-refractivity contribution in [2.24, 2.45) is 4.99 Å². The van der Waals surface area contributed by atoms with E-state index >= 15 is 0 Å². The molecule has 2 N–H and O–H groups in total. The molecule has 2 aliphatic rings. The van der Waals surface area contributed by atoms with Crippen LogP contribution in [0.1, 0.15) is 29.6 Å². The first-order chi connectivity index (χ1) is 17.0. The lowest BCUT2D eigenvalue weighted by Gasteiger charge is -2.16. The first kappa shape index (κ1) is 24.6. The maximum atomic E-state index is 12.5. The number of amides is 3. The number of hydrogen-bond acceptors (Lipinski definition) is 7. The second-order valence-electron chi connectivity index (χ2n) is 8.12. The predicted octanol–water partition coefficient (Wildman–Crippen LogP) is 2.93. The monoisotopic (exact) mass is 496 g/mol. The number of thioether (sulfide) groups is 1. The predicted molar refractivity (Wildman–Crippen MR) is 135 cm³/mol. The SMILES string of the molecule is COc1ccccc1OCCNC(=O)c1ccc(NC(=O)CC2SC(N3CCCC3)=NC2=O)cc1. The van der Waals surface area contributed by atoms with Crippen molar-refractivity contribution in [2.45, 2.75) is 24.5 Å². The van der Waals surface area contributed by atoms with Crippen molar-refractivity contribution in [1.29, 1.82) is 0 Å². The summed E-state index contributed by atoms with van der Waals surface area (Å²) in [5, 5.41) is 5.83. The molecule has 0 spiro atoms. The molecule has 2 aromatic carbocycles. The van der Waals surface area contributed by atoms with Gasteiger partial charge >= 0.3 is 0 Å². The summed E-state index contributed by atoms with van der Waals surface area (Å²) >= 11 is 1.37. The zero-order chi connectivity index (χ0) is 24.6. The van der Waals surface area contributed by atoms with Crippen molar-refractivity contribution in [2.75, 3.05) is 38.7 Å². The van der Waals surface area contributed by atoms with Crippen LogP contribution in [0.4, 0.5) is 5.69 Å². The number of ether oxygens (including phenoxy) is 2. The molecule has 2 heterocycles. The van der Waals surface area contributed by atoms with E-state index in [2.05, 4.69) is 20.5 Å². The topological polar surface area (TPSA) is 109 Å². The lowest BCUT2D eigenvalue weighted by atomic mass is 10.2. The van der Waals surface area contributed by atoms with E-state index in [1.165, 1.54) is 11.8 Å². The Hall–Kier alpha value is -3.53. The molecule has 1 atom stereocenters. The van der Waals surface area contributed by atoms with Gasteiger partial charge in [-0.15, -0.1) is 0 Å². The van der Waals surface area contributed by atoms with Crippen LogP contribution in [0, 0.1) is 0 Å². The Morgan fingerprint density at radius 1 is 1.09 bits per heavy atom. The molecule has 10 heteroatoms. The minimum absolute atomic E-state index is 0.0543. The molecule has 0 aromatic heterocycles. The number of rotatable bonds is 9. The Balaban J connectivity index is 1.19. The fourth-order valence-electron chi connectivity index (χ4n) is 3.80. The number of hydrogen-bond donors (Lipinski definition) is 2. The van der Waals surface area contributed by atoms with E-state index < -0.39 is 5.25 Å². The Labute approximate surface area is 208 Å². The van der Waals surface area contributed by atoms with Crippen LogP contribution in [0.3, 0.4) is 0 Å². The van der Waals surface area contributed by atoms with E-state index in [0.29, 0.717) is 35.9 Å². The number of benzene rings is 2. The third-order valence-electron chi connectivity index (χ3n) is 5.62. The van der Waals surface area contributed by atoms with E-state index in [4.69, 9.17) is 9.47 Å². The zero-order valence-electron chi connectivity index (χ0n) is 19.5. The van der Waals surface area contributed by atoms with E-state index in [0.717, 1.165) is 31.1 Å². The molecule has 184 valence electrons. The summed E-state index contributed by atoms with van der Waals surface area (Å²) in [4.78, 5) is 43.3. The van der Waals surface area contributed by atoms with Crippen molar-refractivity contribution >= 4 is 40.3 Å². The Morgan fingerprint density at radius 3 is 2.51 bits per heavy atom. The van der Waals surface area contributed by atoms with Crippen molar-refractivity contribution in [3.05, 3.63) is 54.1 Å². The van der Waals surface area contributed by atoms with Gasteiger partial charge in [-0.05, 0) is 49.2 Å². The van der Waals surface area contributed by atoms with Gasteiger partial charge in [-0.25, -0.2) is 0 Å². The van der Waals surface area contributed by atoms with Crippen LogP contribution in [0.15, 0.2) is 53.5 Å². The van der Waals surface area contributed by atoms with Gasteiger partial charge in [0.25, 0.3) is 11.8 Å². The number of nitrogens with one attached hydrogen (secondary N) is 2. The second kappa shape index (κ2) is 11.7. The standard InChI is InChI=1S/C25H28N4O5S/c1-33-19-6-2-3-7-20(19)34-15-12-26-23(31)17-8-10-18(11-9-17)27-22(30)16-21-24(32)28-25(35-21)29-13-4-5-14-29/h2-3,6-11,21H,4-5,12-16H2,1H3,(H,26,31)(H,27,30). The van der Waals surface area contributed by atoms with Crippen LogP contribution in [0.2, 0.25) is 0 Å². The summed E-state index contributed by atoms with van der Waals surface area (Å²) in [6, 6.07) is 13.9. The zero-order valence-corrected chi connectivity index (χ0v) is 20.3. The summed E-state index contributed by atoms with van der Waals surface area (Å²) in [6.07, 6.45) is 2.26. The van der Waals surface area contributed by atoms with Crippen LogP contribution in [0.5, 0.6) is 11.5 Å². The highest BCUT2D eigenvalue weighted by Gasteiger charge is 2.33. The Kier molecular flexibility index (Phi) is 8.25. The highest BCUT2D eigenvalue weighted by Crippen LogP contribution is 2.29. The molecule has 0 bridgehead atoms. The summed E-state index contributed by atoms with van der Waals surface area (Å²) in [7, 11) is 1.57. The largest absolute Gasteiger partial charge is 0.493 e. The fraction of sp³-hybridized carbons (Fsp3) is 0.360. The number of likely N-dealkylation sites (tertiary alicyclic amines) is 1. The third kappa shape index (κ3) is 6.54. The van der Waals surface area contributed by atoms with Gasteiger partial charge in [-0.3, -0.25) is 14.4 Å². The average Bonchev–Trinajstić information content (AvgIpc) is 3.52. The number of carbonyl (C=O) groups is 3. The smallest absolute Gasteiger partial charge is 0.262 e. The fourth-order valence-corrected chi connectivity index (χ4v) is 4.92. The van der Waals surface area contributed by atoms with Crippen LogP contribution in [-0.4, -0.2) is 66.4 Å². The van der Waals surface area contributed by atoms with Gasteiger partial charge < -0.3 is 25.0 Å². The molecule has 0 aliphatic carbocycles. The third-order valence-corrected chi connectivity index (χ3v) is 6.83. The number of methoxy groups -OCH3 is 1. The summed E-state index contributed by atoms with van der Waals surface area (Å²) in [5.74, 6) is 0.479. The first-order valence-corrected chi connectivity index (χ1v) is 12.4. The number of carbonyl (C=O) groups excluding carboxylic acids is 3. The van der Waals surface area contributed by atoms with Crippen LogP contribution >= 0.6 is 11.8 Å². The lowest BCUT2D eigenvalue weighted by Crippen LogP contribution is -2.28. The number of nitrogens with zero attached hydrogens (tertiary/aromatic N) is 2. The molecule has 3 amide bonds. The van der Waals surface area contributed by atoms with Crippen LogP contribution in [-0.2, 0) is 9.59 Å². The number of aliphatic imine (C=N–C) groups is 1. The lowest BCUT2D eigenvalue weighted by molar-refractivity contribution is -0.121. The van der Waals surface area contributed by atoms with Gasteiger partial charge in [-0.2, -0.15) is 4.99 Å². The van der Waals surface area contributed by atoms with E-state index in [1.54, 1.807) is 43.5 Å². The van der Waals surface area contributed by atoms with Gasteiger partial charge in [0.2, 0.25) is 5.91 Å². The van der Waals surface area contributed by atoms with Crippen molar-refractivity contribution in [1.82, 2.24) is 10.2 Å². The first-order valence-electron chi connectivity index (χ1n) is 11.5.